The molecule has 0 amide bonds. The maximum absolute atomic E-state index is 12.9. The molecule has 0 saturated carbocycles. The highest BCUT2D eigenvalue weighted by molar-refractivity contribution is 5.33. The van der Waals surface area contributed by atoms with Crippen LogP contribution in [0.1, 0.15) is 12.0 Å². The minimum absolute atomic E-state index is 0.216. The van der Waals surface area contributed by atoms with Crippen molar-refractivity contribution in [3.8, 4) is 0 Å². The predicted octanol–water partition coefficient (Wildman–Crippen LogP) is 3.40. The number of hydrogen-bond acceptors (Lipinski definition) is 2. The standard InChI is InChI=1S/C14H14F2N2/c15-12-6-1-4-11(10-12)5-3-9-17-14-8-2-7-13(16)18-14/h1-2,4,6-8,10H,3,5,9H2,(H,17,18). The molecule has 2 aromatic rings. The van der Waals surface area contributed by atoms with Gasteiger partial charge in [-0.05, 0) is 42.7 Å². The molecule has 0 saturated heterocycles. The molecule has 2 nitrogen and oxygen atoms in total. The average molecular weight is 248 g/mol. The van der Waals surface area contributed by atoms with Gasteiger partial charge in [-0.1, -0.05) is 18.2 Å². The van der Waals surface area contributed by atoms with E-state index in [0.717, 1.165) is 18.4 Å². The van der Waals surface area contributed by atoms with Crippen molar-refractivity contribution in [3.63, 3.8) is 0 Å². The van der Waals surface area contributed by atoms with Gasteiger partial charge in [-0.3, -0.25) is 0 Å². The third kappa shape index (κ3) is 3.80. The number of rotatable bonds is 5. The third-order valence-corrected chi connectivity index (χ3v) is 2.55. The van der Waals surface area contributed by atoms with E-state index in [9.17, 15) is 8.78 Å². The molecule has 0 fully saturated rings. The molecule has 1 heterocycles. The first-order valence-electron chi connectivity index (χ1n) is 5.85. The Morgan fingerprint density at radius 3 is 2.67 bits per heavy atom. The normalized spacial score (nSPS) is 10.3. The fourth-order valence-corrected chi connectivity index (χ4v) is 1.71. The van der Waals surface area contributed by atoms with Crippen molar-refractivity contribution >= 4 is 5.82 Å². The molecular weight excluding hydrogens is 234 g/mol. The van der Waals surface area contributed by atoms with E-state index in [-0.39, 0.29) is 5.82 Å². The number of aromatic nitrogens is 1. The quantitative estimate of drug-likeness (QED) is 0.648. The van der Waals surface area contributed by atoms with Crippen LogP contribution in [0, 0.1) is 11.8 Å². The van der Waals surface area contributed by atoms with Crippen LogP contribution in [0.4, 0.5) is 14.6 Å². The Morgan fingerprint density at radius 1 is 1.06 bits per heavy atom. The van der Waals surface area contributed by atoms with Gasteiger partial charge >= 0.3 is 0 Å². The van der Waals surface area contributed by atoms with Gasteiger partial charge in [0.25, 0.3) is 0 Å². The van der Waals surface area contributed by atoms with E-state index >= 15 is 0 Å². The Morgan fingerprint density at radius 2 is 1.89 bits per heavy atom. The zero-order valence-electron chi connectivity index (χ0n) is 9.87. The molecule has 0 aliphatic rings. The molecule has 4 heteroatoms. The van der Waals surface area contributed by atoms with E-state index < -0.39 is 5.95 Å². The lowest BCUT2D eigenvalue weighted by molar-refractivity contribution is 0.585. The Labute approximate surface area is 105 Å². The summed E-state index contributed by atoms with van der Waals surface area (Å²) in [5.41, 5.74) is 0.962. The van der Waals surface area contributed by atoms with Gasteiger partial charge in [-0.15, -0.1) is 0 Å². The molecule has 94 valence electrons. The van der Waals surface area contributed by atoms with Gasteiger partial charge in [-0.25, -0.2) is 9.37 Å². The fraction of sp³-hybridized carbons (Fsp3) is 0.214. The van der Waals surface area contributed by atoms with Crippen LogP contribution >= 0.6 is 0 Å². The zero-order valence-corrected chi connectivity index (χ0v) is 9.87. The summed E-state index contributed by atoms with van der Waals surface area (Å²) >= 11 is 0. The first-order valence-corrected chi connectivity index (χ1v) is 5.85. The predicted molar refractivity (Wildman–Crippen MR) is 67.4 cm³/mol. The summed E-state index contributed by atoms with van der Waals surface area (Å²) in [6.07, 6.45) is 1.61. The van der Waals surface area contributed by atoms with Crippen molar-refractivity contribution < 1.29 is 8.78 Å². The topological polar surface area (TPSA) is 24.9 Å². The maximum Gasteiger partial charge on any atom is 0.214 e. The summed E-state index contributed by atoms with van der Waals surface area (Å²) in [6.45, 7) is 0.674. The van der Waals surface area contributed by atoms with Gasteiger partial charge in [0, 0.05) is 6.54 Å². The lowest BCUT2D eigenvalue weighted by atomic mass is 10.1. The minimum atomic E-state index is -0.495. The minimum Gasteiger partial charge on any atom is -0.370 e. The van der Waals surface area contributed by atoms with Crippen LogP contribution in [0.25, 0.3) is 0 Å². The van der Waals surface area contributed by atoms with Crippen molar-refractivity contribution in [1.29, 1.82) is 0 Å². The number of halogens is 2. The molecule has 0 aliphatic heterocycles. The lowest BCUT2D eigenvalue weighted by Gasteiger charge is -2.05. The lowest BCUT2D eigenvalue weighted by Crippen LogP contribution is -2.05. The van der Waals surface area contributed by atoms with Gasteiger partial charge in [0.1, 0.15) is 11.6 Å². The Bertz CT molecular complexity index is 467. The number of benzene rings is 1. The smallest absolute Gasteiger partial charge is 0.214 e. The highest BCUT2D eigenvalue weighted by Crippen LogP contribution is 2.07. The molecule has 0 aliphatic carbocycles. The summed E-state index contributed by atoms with van der Waals surface area (Å²) in [6, 6.07) is 11.2. The van der Waals surface area contributed by atoms with Crippen LogP contribution in [-0.2, 0) is 6.42 Å². The van der Waals surface area contributed by atoms with Crippen LogP contribution in [0.5, 0.6) is 0 Å². The van der Waals surface area contributed by atoms with Gasteiger partial charge in [0.15, 0.2) is 0 Å². The van der Waals surface area contributed by atoms with Gasteiger partial charge in [-0.2, -0.15) is 4.39 Å². The van der Waals surface area contributed by atoms with Crippen LogP contribution in [-0.4, -0.2) is 11.5 Å². The van der Waals surface area contributed by atoms with E-state index in [2.05, 4.69) is 10.3 Å². The highest BCUT2D eigenvalue weighted by Gasteiger charge is 1.97. The molecule has 1 N–H and O–H groups in total. The Hall–Kier alpha value is -1.97. The highest BCUT2D eigenvalue weighted by atomic mass is 19.1. The van der Waals surface area contributed by atoms with E-state index in [4.69, 9.17) is 0 Å². The summed E-state index contributed by atoms with van der Waals surface area (Å²) in [7, 11) is 0. The molecule has 0 radical (unpaired) electrons. The number of anilines is 1. The largest absolute Gasteiger partial charge is 0.370 e. The molecule has 0 unspecified atom stereocenters. The summed E-state index contributed by atoms with van der Waals surface area (Å²) in [5.74, 6) is -0.188. The molecule has 1 aromatic heterocycles. The zero-order chi connectivity index (χ0) is 12.8. The molecule has 0 bridgehead atoms. The van der Waals surface area contributed by atoms with Crippen molar-refractivity contribution in [2.75, 3.05) is 11.9 Å². The molecule has 0 atom stereocenters. The first kappa shape index (κ1) is 12.5. The fourth-order valence-electron chi connectivity index (χ4n) is 1.71. The molecule has 2 rings (SSSR count). The SMILES string of the molecule is Fc1cccc(CCCNc2cccc(F)n2)c1. The molecule has 0 spiro atoms. The Kier molecular flexibility index (Phi) is 4.23. The van der Waals surface area contributed by atoms with Crippen LogP contribution in [0.2, 0.25) is 0 Å². The van der Waals surface area contributed by atoms with E-state index in [1.54, 1.807) is 18.2 Å². The monoisotopic (exact) mass is 248 g/mol. The maximum atomic E-state index is 12.9. The van der Waals surface area contributed by atoms with Crippen molar-refractivity contribution in [2.45, 2.75) is 12.8 Å². The number of pyridine rings is 1. The van der Waals surface area contributed by atoms with Gasteiger partial charge < -0.3 is 5.32 Å². The van der Waals surface area contributed by atoms with Crippen LogP contribution < -0.4 is 5.32 Å². The number of nitrogens with one attached hydrogen (secondary N) is 1. The second-order valence-corrected chi connectivity index (χ2v) is 4.01. The van der Waals surface area contributed by atoms with Crippen molar-refractivity contribution in [1.82, 2.24) is 4.98 Å². The van der Waals surface area contributed by atoms with E-state index in [0.29, 0.717) is 12.4 Å². The van der Waals surface area contributed by atoms with E-state index in [1.807, 2.05) is 6.07 Å². The third-order valence-electron chi connectivity index (χ3n) is 2.55. The summed E-state index contributed by atoms with van der Waals surface area (Å²) < 4.78 is 25.7. The molecule has 1 aromatic carbocycles. The molecule has 18 heavy (non-hydrogen) atoms. The van der Waals surface area contributed by atoms with Gasteiger partial charge in [0.05, 0.1) is 0 Å². The second kappa shape index (κ2) is 6.10. The van der Waals surface area contributed by atoms with Crippen molar-refractivity contribution in [2.24, 2.45) is 0 Å². The number of aryl methyl sites for hydroxylation is 1. The first-order chi connectivity index (χ1) is 8.74. The molecular formula is C14H14F2N2. The van der Waals surface area contributed by atoms with Crippen molar-refractivity contribution in [3.05, 3.63) is 59.8 Å². The summed E-state index contributed by atoms with van der Waals surface area (Å²) in [5, 5.41) is 3.03. The van der Waals surface area contributed by atoms with Gasteiger partial charge in [0.2, 0.25) is 5.95 Å². The van der Waals surface area contributed by atoms with Crippen LogP contribution in [0.15, 0.2) is 42.5 Å². The van der Waals surface area contributed by atoms with E-state index in [1.165, 1.54) is 18.2 Å². The summed E-state index contributed by atoms with van der Waals surface area (Å²) in [4.78, 5) is 3.69. The number of nitrogens with zero attached hydrogens (tertiary/aromatic N) is 1. The second-order valence-electron chi connectivity index (χ2n) is 4.01. The number of hydrogen-bond donors (Lipinski definition) is 1. The Balaban J connectivity index is 1.76. The average Bonchev–Trinajstić information content (AvgIpc) is 2.35. The van der Waals surface area contributed by atoms with Crippen LogP contribution in [0.3, 0.4) is 0 Å².